The minimum Gasteiger partial charge on any atom is -0.304 e. The standard InChI is InChI=1S/C9H13ClN6O2/c1-14-2-4-15(5-3-14)13-9-7(16(17)18)8(10)11-6-12-9/h6H,2-5H2,1H3,(H,11,12,13). The van der Waals surface area contributed by atoms with Crippen molar-refractivity contribution in [2.45, 2.75) is 0 Å². The lowest BCUT2D eigenvalue weighted by atomic mass is 10.4. The summed E-state index contributed by atoms with van der Waals surface area (Å²) in [5.41, 5.74) is 2.63. The van der Waals surface area contributed by atoms with E-state index >= 15 is 0 Å². The molecular formula is C9H13ClN6O2. The van der Waals surface area contributed by atoms with E-state index in [0.717, 1.165) is 26.2 Å². The summed E-state index contributed by atoms with van der Waals surface area (Å²) >= 11 is 5.71. The molecule has 1 aromatic rings. The second-order valence-electron chi connectivity index (χ2n) is 4.02. The lowest BCUT2D eigenvalue weighted by Crippen LogP contribution is -2.47. The van der Waals surface area contributed by atoms with Gasteiger partial charge in [-0.15, -0.1) is 0 Å². The van der Waals surface area contributed by atoms with Crippen molar-refractivity contribution in [3.8, 4) is 0 Å². The van der Waals surface area contributed by atoms with Crippen LogP contribution in [0, 0.1) is 10.1 Å². The maximum absolute atomic E-state index is 10.9. The molecule has 8 nitrogen and oxygen atoms in total. The van der Waals surface area contributed by atoms with Gasteiger partial charge in [-0.3, -0.25) is 15.5 Å². The Balaban J connectivity index is 2.14. The van der Waals surface area contributed by atoms with Gasteiger partial charge in [-0.2, -0.15) is 0 Å². The van der Waals surface area contributed by atoms with Gasteiger partial charge in [0.05, 0.1) is 4.92 Å². The van der Waals surface area contributed by atoms with Crippen LogP contribution in [0.25, 0.3) is 0 Å². The molecule has 0 saturated carbocycles. The van der Waals surface area contributed by atoms with Crippen LogP contribution >= 0.6 is 11.6 Å². The summed E-state index contributed by atoms with van der Waals surface area (Å²) in [5.74, 6) is 0.129. The number of aromatic nitrogens is 2. The number of hydrogen-bond acceptors (Lipinski definition) is 7. The first-order valence-electron chi connectivity index (χ1n) is 5.43. The predicted molar refractivity (Wildman–Crippen MR) is 66.4 cm³/mol. The number of nitro groups is 1. The second kappa shape index (κ2) is 5.42. The zero-order valence-electron chi connectivity index (χ0n) is 9.84. The molecule has 18 heavy (non-hydrogen) atoms. The molecule has 1 fully saturated rings. The Bertz CT molecular complexity index is 449. The Kier molecular flexibility index (Phi) is 3.90. The monoisotopic (exact) mass is 272 g/mol. The molecule has 1 aromatic heterocycles. The zero-order chi connectivity index (χ0) is 13.1. The largest absolute Gasteiger partial charge is 0.349 e. The summed E-state index contributed by atoms with van der Waals surface area (Å²) in [6.45, 7) is 3.30. The molecule has 9 heteroatoms. The van der Waals surface area contributed by atoms with Crippen LogP contribution in [0.5, 0.6) is 0 Å². The third-order valence-corrected chi connectivity index (χ3v) is 3.00. The Labute approximate surface area is 109 Å². The van der Waals surface area contributed by atoms with Crippen molar-refractivity contribution in [3.63, 3.8) is 0 Å². The molecule has 1 aliphatic rings. The van der Waals surface area contributed by atoms with Crippen molar-refractivity contribution in [3.05, 3.63) is 21.6 Å². The first-order chi connectivity index (χ1) is 8.58. The summed E-state index contributed by atoms with van der Waals surface area (Å²) in [6, 6.07) is 0. The Morgan fingerprint density at radius 2 is 2.06 bits per heavy atom. The Morgan fingerprint density at radius 1 is 1.39 bits per heavy atom. The van der Waals surface area contributed by atoms with E-state index in [-0.39, 0.29) is 16.7 Å². The normalized spacial score (nSPS) is 17.7. The van der Waals surface area contributed by atoms with Gasteiger partial charge in [-0.1, -0.05) is 11.6 Å². The summed E-state index contributed by atoms with van der Waals surface area (Å²) in [6.07, 6.45) is 1.20. The molecule has 0 aromatic carbocycles. The van der Waals surface area contributed by atoms with E-state index in [1.54, 1.807) is 0 Å². The van der Waals surface area contributed by atoms with Gasteiger partial charge in [-0.05, 0) is 7.05 Å². The summed E-state index contributed by atoms with van der Waals surface area (Å²) < 4.78 is 0. The summed E-state index contributed by atoms with van der Waals surface area (Å²) in [7, 11) is 2.03. The molecule has 2 heterocycles. The first-order valence-corrected chi connectivity index (χ1v) is 5.81. The van der Waals surface area contributed by atoms with E-state index in [9.17, 15) is 10.1 Å². The molecule has 1 aliphatic heterocycles. The van der Waals surface area contributed by atoms with Crippen LogP contribution in [0.1, 0.15) is 0 Å². The van der Waals surface area contributed by atoms with Gasteiger partial charge in [0.2, 0.25) is 11.0 Å². The van der Waals surface area contributed by atoms with E-state index in [1.165, 1.54) is 6.33 Å². The number of piperazine rings is 1. The van der Waals surface area contributed by atoms with Crippen molar-refractivity contribution in [1.29, 1.82) is 0 Å². The highest BCUT2D eigenvalue weighted by Gasteiger charge is 2.24. The topological polar surface area (TPSA) is 87.4 Å². The average Bonchev–Trinajstić information content (AvgIpc) is 2.32. The van der Waals surface area contributed by atoms with Crippen molar-refractivity contribution in [2.24, 2.45) is 0 Å². The van der Waals surface area contributed by atoms with Crippen LogP contribution in [0.3, 0.4) is 0 Å². The van der Waals surface area contributed by atoms with E-state index in [0.29, 0.717) is 0 Å². The molecule has 0 radical (unpaired) electrons. The fourth-order valence-corrected chi connectivity index (χ4v) is 1.87. The van der Waals surface area contributed by atoms with Gasteiger partial charge in [0.25, 0.3) is 0 Å². The SMILES string of the molecule is CN1CCN(Nc2ncnc(Cl)c2[N+](=O)[O-])CC1. The highest BCUT2D eigenvalue weighted by molar-refractivity contribution is 6.31. The molecule has 0 bridgehead atoms. The number of anilines is 1. The molecule has 0 amide bonds. The number of nitrogens with zero attached hydrogens (tertiary/aromatic N) is 5. The van der Waals surface area contributed by atoms with Gasteiger partial charge in [0, 0.05) is 26.2 Å². The van der Waals surface area contributed by atoms with Crippen LogP contribution in [0.2, 0.25) is 5.15 Å². The first kappa shape index (κ1) is 12.9. The van der Waals surface area contributed by atoms with Gasteiger partial charge in [-0.25, -0.2) is 15.0 Å². The molecule has 0 aliphatic carbocycles. The number of likely N-dealkylation sites (N-methyl/N-ethyl adjacent to an activating group) is 1. The minimum absolute atomic E-state index is 0.129. The molecule has 1 saturated heterocycles. The molecule has 98 valence electrons. The second-order valence-corrected chi connectivity index (χ2v) is 4.38. The number of nitrogens with one attached hydrogen (secondary N) is 1. The quantitative estimate of drug-likeness (QED) is 0.490. The lowest BCUT2D eigenvalue weighted by Gasteiger charge is -2.32. The van der Waals surface area contributed by atoms with Crippen molar-refractivity contribution in [2.75, 3.05) is 38.7 Å². The molecule has 0 spiro atoms. The number of hydrazine groups is 1. The van der Waals surface area contributed by atoms with Gasteiger partial charge in [0.15, 0.2) is 0 Å². The van der Waals surface area contributed by atoms with Crippen LogP contribution in [-0.2, 0) is 0 Å². The Hall–Kier alpha value is -1.51. The van der Waals surface area contributed by atoms with Crippen LogP contribution in [-0.4, -0.2) is 58.0 Å². The zero-order valence-corrected chi connectivity index (χ0v) is 10.6. The number of rotatable bonds is 3. The van der Waals surface area contributed by atoms with Crippen LogP contribution in [0.15, 0.2) is 6.33 Å². The maximum atomic E-state index is 10.9. The summed E-state index contributed by atoms with van der Waals surface area (Å²) in [5, 5.41) is 12.6. The van der Waals surface area contributed by atoms with Crippen molar-refractivity contribution < 1.29 is 4.92 Å². The lowest BCUT2D eigenvalue weighted by molar-refractivity contribution is -0.384. The predicted octanol–water partition coefficient (Wildman–Crippen LogP) is 0.612. The maximum Gasteiger partial charge on any atom is 0.349 e. The average molecular weight is 273 g/mol. The van der Waals surface area contributed by atoms with E-state index < -0.39 is 4.92 Å². The van der Waals surface area contributed by atoms with E-state index in [4.69, 9.17) is 11.6 Å². The van der Waals surface area contributed by atoms with Gasteiger partial charge < -0.3 is 4.90 Å². The van der Waals surface area contributed by atoms with Gasteiger partial charge >= 0.3 is 5.69 Å². The van der Waals surface area contributed by atoms with Crippen molar-refractivity contribution >= 4 is 23.1 Å². The van der Waals surface area contributed by atoms with E-state index in [1.807, 2.05) is 12.1 Å². The third-order valence-electron chi connectivity index (χ3n) is 2.73. The summed E-state index contributed by atoms with van der Waals surface area (Å²) in [4.78, 5) is 20.0. The Morgan fingerprint density at radius 3 is 2.67 bits per heavy atom. The van der Waals surface area contributed by atoms with E-state index in [2.05, 4.69) is 20.3 Å². The van der Waals surface area contributed by atoms with Gasteiger partial charge in [0.1, 0.15) is 6.33 Å². The molecular weight excluding hydrogens is 260 g/mol. The smallest absolute Gasteiger partial charge is 0.304 e. The highest BCUT2D eigenvalue weighted by atomic mass is 35.5. The molecule has 2 rings (SSSR count). The minimum atomic E-state index is -0.583. The molecule has 1 N–H and O–H groups in total. The number of halogens is 1. The van der Waals surface area contributed by atoms with Crippen LogP contribution in [0.4, 0.5) is 11.5 Å². The third kappa shape index (κ3) is 2.84. The fraction of sp³-hybridized carbons (Fsp3) is 0.556. The fourth-order valence-electron chi connectivity index (χ4n) is 1.67. The number of hydrogen-bond donors (Lipinski definition) is 1. The molecule has 0 atom stereocenters. The highest BCUT2D eigenvalue weighted by Crippen LogP contribution is 2.28. The van der Waals surface area contributed by atoms with Crippen LogP contribution < -0.4 is 5.43 Å². The molecule has 0 unspecified atom stereocenters. The van der Waals surface area contributed by atoms with Crippen molar-refractivity contribution in [1.82, 2.24) is 19.9 Å².